The number of rotatable bonds is 6. The SMILES string of the molecule is Cc1sc(=O)n(CCC(=O)N(C2CC2)C(C)C(=O)O)c1C. The molecule has 0 saturated heterocycles. The number of aryl methyl sites for hydroxylation is 1. The number of thiazole rings is 1. The van der Waals surface area contributed by atoms with Crippen LogP contribution in [-0.4, -0.2) is 38.5 Å². The minimum atomic E-state index is -0.991. The summed E-state index contributed by atoms with van der Waals surface area (Å²) in [6.07, 6.45) is 1.88. The van der Waals surface area contributed by atoms with Gasteiger partial charge in [0.15, 0.2) is 0 Å². The van der Waals surface area contributed by atoms with E-state index in [0.29, 0.717) is 6.54 Å². The first kappa shape index (κ1) is 15.8. The molecule has 1 saturated carbocycles. The number of nitrogens with zero attached hydrogens (tertiary/aromatic N) is 2. The molecule has 116 valence electrons. The summed E-state index contributed by atoms with van der Waals surface area (Å²) in [4.78, 5) is 37.6. The molecule has 1 aliphatic rings. The van der Waals surface area contributed by atoms with Crippen LogP contribution in [-0.2, 0) is 16.1 Å². The van der Waals surface area contributed by atoms with E-state index in [1.807, 2.05) is 13.8 Å². The van der Waals surface area contributed by atoms with Gasteiger partial charge in [0.05, 0.1) is 0 Å². The summed E-state index contributed by atoms with van der Waals surface area (Å²) in [6.45, 7) is 5.58. The largest absolute Gasteiger partial charge is 0.480 e. The molecule has 1 aliphatic carbocycles. The highest BCUT2D eigenvalue weighted by Crippen LogP contribution is 2.29. The summed E-state index contributed by atoms with van der Waals surface area (Å²) in [5.41, 5.74) is 0.877. The molecule has 0 radical (unpaired) electrons. The maximum Gasteiger partial charge on any atom is 0.326 e. The van der Waals surface area contributed by atoms with Gasteiger partial charge >= 0.3 is 10.8 Å². The zero-order valence-corrected chi connectivity index (χ0v) is 13.3. The van der Waals surface area contributed by atoms with Crippen molar-refractivity contribution in [1.29, 1.82) is 0 Å². The quantitative estimate of drug-likeness (QED) is 0.860. The van der Waals surface area contributed by atoms with E-state index in [1.54, 1.807) is 4.57 Å². The van der Waals surface area contributed by atoms with Gasteiger partial charge in [0.2, 0.25) is 5.91 Å². The lowest BCUT2D eigenvalue weighted by Crippen LogP contribution is -2.45. The number of amides is 1. The molecule has 1 amide bonds. The normalized spacial score (nSPS) is 15.8. The Morgan fingerprint density at radius 2 is 2.05 bits per heavy atom. The molecule has 6 nitrogen and oxygen atoms in total. The molecule has 1 aromatic rings. The van der Waals surface area contributed by atoms with Gasteiger partial charge in [0.1, 0.15) is 6.04 Å². The molecular weight excluding hydrogens is 292 g/mol. The molecule has 1 N–H and O–H groups in total. The van der Waals surface area contributed by atoms with Crippen LogP contribution in [0.2, 0.25) is 0 Å². The lowest BCUT2D eigenvalue weighted by molar-refractivity contribution is -0.150. The molecule has 1 unspecified atom stereocenters. The van der Waals surface area contributed by atoms with Crippen LogP contribution in [0.25, 0.3) is 0 Å². The van der Waals surface area contributed by atoms with Crippen LogP contribution in [0.3, 0.4) is 0 Å². The van der Waals surface area contributed by atoms with Gasteiger partial charge in [-0.15, -0.1) is 0 Å². The van der Waals surface area contributed by atoms with Gasteiger partial charge in [-0.1, -0.05) is 11.3 Å². The molecule has 0 bridgehead atoms. The van der Waals surface area contributed by atoms with Gasteiger partial charge in [-0.2, -0.15) is 0 Å². The molecule has 1 fully saturated rings. The van der Waals surface area contributed by atoms with Crippen LogP contribution >= 0.6 is 11.3 Å². The molecule has 1 aromatic heterocycles. The van der Waals surface area contributed by atoms with Crippen molar-refractivity contribution in [3.05, 3.63) is 20.2 Å². The van der Waals surface area contributed by atoms with Crippen molar-refractivity contribution >= 4 is 23.2 Å². The number of carbonyl (C=O) groups is 2. The molecule has 1 atom stereocenters. The summed E-state index contributed by atoms with van der Waals surface area (Å²) in [5, 5.41) is 9.11. The monoisotopic (exact) mass is 312 g/mol. The third-order valence-corrected chi connectivity index (χ3v) is 4.92. The fourth-order valence-corrected chi connectivity index (χ4v) is 3.25. The zero-order valence-electron chi connectivity index (χ0n) is 12.5. The Kier molecular flexibility index (Phi) is 4.51. The highest BCUT2D eigenvalue weighted by Gasteiger charge is 2.38. The number of aromatic nitrogens is 1. The average Bonchev–Trinajstić information content (AvgIpc) is 3.19. The lowest BCUT2D eigenvalue weighted by atomic mass is 10.2. The van der Waals surface area contributed by atoms with Crippen LogP contribution in [0.15, 0.2) is 4.79 Å². The van der Waals surface area contributed by atoms with Crippen LogP contribution in [0.5, 0.6) is 0 Å². The highest BCUT2D eigenvalue weighted by molar-refractivity contribution is 7.09. The van der Waals surface area contributed by atoms with E-state index in [2.05, 4.69) is 0 Å². The third-order valence-electron chi connectivity index (χ3n) is 3.93. The molecule has 1 heterocycles. The predicted octanol–water partition coefficient (Wildman–Crippen LogP) is 1.38. The first-order chi connectivity index (χ1) is 9.82. The smallest absolute Gasteiger partial charge is 0.326 e. The average molecular weight is 312 g/mol. The van der Waals surface area contributed by atoms with E-state index < -0.39 is 12.0 Å². The highest BCUT2D eigenvalue weighted by atomic mass is 32.1. The van der Waals surface area contributed by atoms with Crippen LogP contribution in [0, 0.1) is 13.8 Å². The van der Waals surface area contributed by atoms with Crippen LogP contribution < -0.4 is 4.87 Å². The standard InChI is InChI=1S/C14H20N2O4S/c1-8-10(3)21-14(20)15(8)7-6-12(17)16(11-4-5-11)9(2)13(18)19/h9,11H,4-7H2,1-3H3,(H,18,19). The predicted molar refractivity (Wildman–Crippen MR) is 79.6 cm³/mol. The summed E-state index contributed by atoms with van der Waals surface area (Å²) in [5.74, 6) is -1.18. The fraction of sp³-hybridized carbons (Fsp3) is 0.643. The van der Waals surface area contributed by atoms with E-state index in [1.165, 1.54) is 23.2 Å². The van der Waals surface area contributed by atoms with Crippen molar-refractivity contribution in [1.82, 2.24) is 9.47 Å². The first-order valence-electron chi connectivity index (χ1n) is 7.03. The van der Waals surface area contributed by atoms with Crippen molar-refractivity contribution in [2.75, 3.05) is 0 Å². The van der Waals surface area contributed by atoms with Crippen molar-refractivity contribution in [3.8, 4) is 0 Å². The second kappa shape index (κ2) is 6.01. The second-order valence-corrected chi connectivity index (χ2v) is 6.62. The Balaban J connectivity index is 2.06. The lowest BCUT2D eigenvalue weighted by Gasteiger charge is -2.26. The Bertz CT molecular complexity index is 615. The number of carboxylic acids is 1. The van der Waals surface area contributed by atoms with Crippen molar-refractivity contribution in [2.45, 2.75) is 58.7 Å². The molecule has 21 heavy (non-hydrogen) atoms. The van der Waals surface area contributed by atoms with E-state index in [9.17, 15) is 14.4 Å². The van der Waals surface area contributed by atoms with Gasteiger partial charge in [-0.25, -0.2) is 4.79 Å². The number of hydrogen-bond acceptors (Lipinski definition) is 4. The fourth-order valence-electron chi connectivity index (χ4n) is 2.39. The summed E-state index contributed by atoms with van der Waals surface area (Å²) < 4.78 is 1.59. The Hall–Kier alpha value is -1.63. The Morgan fingerprint density at radius 3 is 2.48 bits per heavy atom. The van der Waals surface area contributed by atoms with Gasteiger partial charge in [-0.05, 0) is 33.6 Å². The minimum absolute atomic E-state index is 0.0469. The number of carboxylic acid groups (broad SMARTS) is 1. The maximum absolute atomic E-state index is 12.3. The first-order valence-corrected chi connectivity index (χ1v) is 7.85. The van der Waals surface area contributed by atoms with Crippen LogP contribution in [0.1, 0.15) is 36.8 Å². The Labute approximate surface area is 127 Å². The minimum Gasteiger partial charge on any atom is -0.480 e. The summed E-state index contributed by atoms with van der Waals surface area (Å²) >= 11 is 1.17. The second-order valence-electron chi connectivity index (χ2n) is 5.46. The Morgan fingerprint density at radius 1 is 1.43 bits per heavy atom. The molecule has 2 rings (SSSR count). The molecule has 0 aromatic carbocycles. The van der Waals surface area contributed by atoms with Gasteiger partial charge < -0.3 is 14.6 Å². The molecular formula is C14H20N2O4S. The van der Waals surface area contributed by atoms with E-state index in [4.69, 9.17) is 5.11 Å². The van der Waals surface area contributed by atoms with Crippen LogP contribution in [0.4, 0.5) is 0 Å². The molecule has 0 aliphatic heterocycles. The number of aliphatic carboxylic acids is 1. The van der Waals surface area contributed by atoms with Gasteiger partial charge in [0, 0.05) is 29.6 Å². The van der Waals surface area contributed by atoms with Crippen molar-refractivity contribution < 1.29 is 14.7 Å². The van der Waals surface area contributed by atoms with E-state index in [0.717, 1.165) is 23.4 Å². The summed E-state index contributed by atoms with van der Waals surface area (Å²) in [6, 6.07) is -0.766. The molecule has 0 spiro atoms. The van der Waals surface area contributed by atoms with E-state index >= 15 is 0 Å². The number of hydrogen-bond donors (Lipinski definition) is 1. The molecule has 7 heteroatoms. The maximum atomic E-state index is 12.3. The zero-order chi connectivity index (χ0) is 15.7. The number of carbonyl (C=O) groups excluding carboxylic acids is 1. The van der Waals surface area contributed by atoms with E-state index in [-0.39, 0.29) is 23.2 Å². The topological polar surface area (TPSA) is 79.6 Å². The van der Waals surface area contributed by atoms with Gasteiger partial charge in [0.25, 0.3) is 0 Å². The van der Waals surface area contributed by atoms with Crippen molar-refractivity contribution in [3.63, 3.8) is 0 Å². The van der Waals surface area contributed by atoms with Crippen molar-refractivity contribution in [2.24, 2.45) is 0 Å². The van der Waals surface area contributed by atoms with Gasteiger partial charge in [-0.3, -0.25) is 9.59 Å². The summed E-state index contributed by atoms with van der Waals surface area (Å²) in [7, 11) is 0. The third kappa shape index (κ3) is 3.34.